The Balaban J connectivity index is 2.66. The first kappa shape index (κ1) is 16.4. The van der Waals surface area contributed by atoms with E-state index < -0.39 is 0 Å². The van der Waals surface area contributed by atoms with Gasteiger partial charge in [-0.2, -0.15) is 0 Å². The van der Waals surface area contributed by atoms with Gasteiger partial charge in [-0.15, -0.1) is 0 Å². The number of ether oxygens (including phenoxy) is 1. The summed E-state index contributed by atoms with van der Waals surface area (Å²) in [5.41, 5.74) is 6.11. The number of nitrogens with two attached hydrogens (primary N) is 1. The maximum absolute atomic E-state index is 12.3. The van der Waals surface area contributed by atoms with Gasteiger partial charge in [-0.1, -0.05) is 25.6 Å². The number of carbonyl (C=O) groups is 1. The van der Waals surface area contributed by atoms with Crippen LogP contribution in [0.4, 0.5) is 0 Å². The van der Waals surface area contributed by atoms with Crippen LogP contribution in [-0.4, -0.2) is 35.5 Å². The van der Waals surface area contributed by atoms with E-state index in [9.17, 15) is 4.79 Å². The molecule has 0 heterocycles. The van der Waals surface area contributed by atoms with E-state index >= 15 is 0 Å². The van der Waals surface area contributed by atoms with Crippen LogP contribution in [0, 0.1) is 0 Å². The molecule has 0 aromatic heterocycles. The topological polar surface area (TPSA) is 55.6 Å². The van der Waals surface area contributed by atoms with Gasteiger partial charge in [-0.05, 0) is 37.6 Å². The van der Waals surface area contributed by atoms with Crippen molar-refractivity contribution < 1.29 is 9.53 Å². The predicted octanol–water partition coefficient (Wildman–Crippen LogP) is 2.61. The molecule has 0 bridgehead atoms. The van der Waals surface area contributed by atoms with E-state index in [0.717, 1.165) is 18.6 Å². The predicted molar refractivity (Wildman–Crippen MR) is 85.2 cm³/mol. The fourth-order valence-electron chi connectivity index (χ4n) is 1.73. The van der Waals surface area contributed by atoms with Crippen molar-refractivity contribution in [2.75, 3.05) is 19.7 Å². The van der Waals surface area contributed by atoms with E-state index in [2.05, 4.69) is 6.92 Å². The molecule has 0 aliphatic carbocycles. The molecule has 0 spiro atoms. The molecule has 0 aliphatic rings. The molecular formula is C15H22N2O2S. The average Bonchev–Trinajstić information content (AvgIpc) is 2.45. The molecule has 1 rings (SSSR count). The molecule has 20 heavy (non-hydrogen) atoms. The van der Waals surface area contributed by atoms with Gasteiger partial charge in [0, 0.05) is 12.1 Å². The van der Waals surface area contributed by atoms with Crippen molar-refractivity contribution in [2.24, 2.45) is 5.73 Å². The quantitative estimate of drug-likeness (QED) is 0.591. The smallest absolute Gasteiger partial charge is 0.254 e. The van der Waals surface area contributed by atoms with Crippen molar-refractivity contribution in [3.63, 3.8) is 0 Å². The van der Waals surface area contributed by atoms with Gasteiger partial charge in [-0.25, -0.2) is 0 Å². The second kappa shape index (κ2) is 8.53. The molecule has 0 saturated carbocycles. The first-order valence-corrected chi connectivity index (χ1v) is 7.29. The third-order valence-electron chi connectivity index (χ3n) is 2.88. The number of benzene rings is 1. The number of hydrogen-bond acceptors (Lipinski definition) is 3. The minimum absolute atomic E-state index is 0.0691. The summed E-state index contributed by atoms with van der Waals surface area (Å²) >= 11 is 4.85. The number of unbranched alkanes of at least 4 members (excludes halogenated alkanes) is 1. The van der Waals surface area contributed by atoms with E-state index in [-0.39, 0.29) is 5.91 Å². The Kier molecular flexibility index (Phi) is 7.01. The fourth-order valence-corrected chi connectivity index (χ4v) is 1.88. The van der Waals surface area contributed by atoms with Crippen molar-refractivity contribution in [1.29, 1.82) is 0 Å². The highest BCUT2D eigenvalue weighted by atomic mass is 32.1. The van der Waals surface area contributed by atoms with Gasteiger partial charge in [-0.3, -0.25) is 4.79 Å². The first-order chi connectivity index (χ1) is 9.58. The molecule has 0 fully saturated rings. The Bertz CT molecular complexity index is 446. The highest BCUT2D eigenvalue weighted by molar-refractivity contribution is 7.80. The lowest BCUT2D eigenvalue weighted by molar-refractivity contribution is 0.0788. The summed E-state index contributed by atoms with van der Waals surface area (Å²) < 4.78 is 5.57. The zero-order chi connectivity index (χ0) is 15.0. The third-order valence-corrected chi connectivity index (χ3v) is 3.01. The Morgan fingerprint density at radius 2 is 1.95 bits per heavy atom. The molecule has 0 unspecified atom stereocenters. The number of hydrogen-bond donors (Lipinski definition) is 1. The highest BCUT2D eigenvalue weighted by Gasteiger charge is 2.14. The SMILES string of the molecule is CCCCOc1ccc(C(=O)N(CC)CC(N)=S)cc1. The van der Waals surface area contributed by atoms with E-state index in [1.165, 1.54) is 0 Å². The third kappa shape index (κ3) is 5.17. The zero-order valence-corrected chi connectivity index (χ0v) is 12.9. The van der Waals surface area contributed by atoms with Gasteiger partial charge in [0.15, 0.2) is 0 Å². The van der Waals surface area contributed by atoms with E-state index in [1.54, 1.807) is 17.0 Å². The van der Waals surface area contributed by atoms with Crippen LogP contribution in [0.3, 0.4) is 0 Å². The summed E-state index contributed by atoms with van der Waals surface area (Å²) in [4.78, 5) is 14.2. The normalized spacial score (nSPS) is 10.1. The fraction of sp³-hybridized carbons (Fsp3) is 0.467. The second-order valence-electron chi connectivity index (χ2n) is 4.51. The standard InChI is InChI=1S/C15H22N2O2S/c1-3-5-10-19-13-8-6-12(7-9-13)15(18)17(4-2)11-14(16)20/h6-9H,3-5,10-11H2,1-2H3,(H2,16,20). The van der Waals surface area contributed by atoms with Crippen LogP contribution in [0.15, 0.2) is 24.3 Å². The number of amides is 1. The van der Waals surface area contributed by atoms with Crippen LogP contribution in [0.2, 0.25) is 0 Å². The summed E-state index contributed by atoms with van der Waals surface area (Å²) in [7, 11) is 0. The first-order valence-electron chi connectivity index (χ1n) is 6.88. The molecule has 5 heteroatoms. The Hall–Kier alpha value is -1.62. The summed E-state index contributed by atoms with van der Waals surface area (Å²) in [6.45, 7) is 5.60. The number of carbonyl (C=O) groups excluding carboxylic acids is 1. The van der Waals surface area contributed by atoms with Crippen LogP contribution in [0.5, 0.6) is 5.75 Å². The van der Waals surface area contributed by atoms with Gasteiger partial charge >= 0.3 is 0 Å². The van der Waals surface area contributed by atoms with Crippen molar-refractivity contribution in [3.8, 4) is 5.75 Å². The van der Waals surface area contributed by atoms with Crippen molar-refractivity contribution in [1.82, 2.24) is 4.90 Å². The van der Waals surface area contributed by atoms with Gasteiger partial charge < -0.3 is 15.4 Å². The Labute approximate surface area is 125 Å². The molecule has 0 radical (unpaired) electrons. The lowest BCUT2D eigenvalue weighted by Gasteiger charge is -2.20. The summed E-state index contributed by atoms with van der Waals surface area (Å²) in [6.07, 6.45) is 2.12. The largest absolute Gasteiger partial charge is 0.494 e. The van der Waals surface area contributed by atoms with Crippen molar-refractivity contribution in [2.45, 2.75) is 26.7 Å². The number of nitrogens with zero attached hydrogens (tertiary/aromatic N) is 1. The summed E-state index contributed by atoms with van der Waals surface area (Å²) in [5.74, 6) is 0.716. The number of rotatable bonds is 8. The van der Waals surface area contributed by atoms with E-state index in [0.29, 0.717) is 30.2 Å². The molecule has 0 saturated heterocycles. The maximum Gasteiger partial charge on any atom is 0.254 e. The molecular weight excluding hydrogens is 272 g/mol. The Morgan fingerprint density at radius 1 is 1.30 bits per heavy atom. The van der Waals surface area contributed by atoms with Gasteiger partial charge in [0.05, 0.1) is 18.1 Å². The van der Waals surface area contributed by atoms with E-state index in [4.69, 9.17) is 22.7 Å². The number of likely N-dealkylation sites (N-methyl/N-ethyl adjacent to an activating group) is 1. The van der Waals surface area contributed by atoms with Crippen LogP contribution >= 0.6 is 12.2 Å². The molecule has 2 N–H and O–H groups in total. The molecule has 0 atom stereocenters. The molecule has 1 aromatic carbocycles. The summed E-state index contributed by atoms with van der Waals surface area (Å²) in [6, 6.07) is 7.17. The minimum atomic E-state index is -0.0691. The van der Waals surface area contributed by atoms with Crippen LogP contribution in [-0.2, 0) is 0 Å². The maximum atomic E-state index is 12.3. The van der Waals surface area contributed by atoms with Crippen LogP contribution < -0.4 is 10.5 Å². The van der Waals surface area contributed by atoms with Gasteiger partial charge in [0.1, 0.15) is 5.75 Å². The molecule has 1 amide bonds. The number of thiocarbonyl (C=S) groups is 1. The highest BCUT2D eigenvalue weighted by Crippen LogP contribution is 2.14. The Morgan fingerprint density at radius 3 is 2.45 bits per heavy atom. The molecule has 0 aliphatic heterocycles. The lowest BCUT2D eigenvalue weighted by atomic mass is 10.2. The molecule has 110 valence electrons. The van der Waals surface area contributed by atoms with Crippen molar-refractivity contribution in [3.05, 3.63) is 29.8 Å². The second-order valence-corrected chi connectivity index (χ2v) is 5.04. The zero-order valence-electron chi connectivity index (χ0n) is 12.1. The van der Waals surface area contributed by atoms with Crippen molar-refractivity contribution >= 4 is 23.1 Å². The molecule has 1 aromatic rings. The minimum Gasteiger partial charge on any atom is -0.494 e. The summed E-state index contributed by atoms with van der Waals surface area (Å²) in [5, 5.41) is 0. The van der Waals surface area contributed by atoms with Gasteiger partial charge in [0.2, 0.25) is 0 Å². The van der Waals surface area contributed by atoms with Crippen LogP contribution in [0.25, 0.3) is 0 Å². The monoisotopic (exact) mass is 294 g/mol. The van der Waals surface area contributed by atoms with Crippen LogP contribution in [0.1, 0.15) is 37.0 Å². The van der Waals surface area contributed by atoms with E-state index in [1.807, 2.05) is 19.1 Å². The lowest BCUT2D eigenvalue weighted by Crippen LogP contribution is -2.37. The molecule has 4 nitrogen and oxygen atoms in total. The average molecular weight is 294 g/mol. The van der Waals surface area contributed by atoms with Gasteiger partial charge in [0.25, 0.3) is 5.91 Å².